The van der Waals surface area contributed by atoms with Crippen molar-refractivity contribution in [2.24, 2.45) is 11.7 Å². The molecule has 2 nitrogen and oxygen atoms in total. The van der Waals surface area contributed by atoms with Crippen LogP contribution in [0.25, 0.3) is 0 Å². The molecule has 1 aliphatic carbocycles. The maximum absolute atomic E-state index is 6.19. The fourth-order valence-corrected chi connectivity index (χ4v) is 2.08. The van der Waals surface area contributed by atoms with E-state index < -0.39 is 0 Å². The van der Waals surface area contributed by atoms with Gasteiger partial charge in [-0.15, -0.1) is 0 Å². The first-order chi connectivity index (χ1) is 8.16. The molecule has 2 heteroatoms. The van der Waals surface area contributed by atoms with Gasteiger partial charge in [0, 0.05) is 25.2 Å². The lowest BCUT2D eigenvalue weighted by Crippen LogP contribution is -2.41. The topological polar surface area (TPSA) is 29.3 Å². The standard InChI is InChI=1S/C15H24N2/c1-12(2)15(16)11-17(14-8-9-14)10-13-6-4-3-5-7-13/h3-7,12,14-15H,8-11,16H2,1-2H3. The maximum Gasteiger partial charge on any atom is 0.0237 e. The molecule has 0 spiro atoms. The van der Waals surface area contributed by atoms with Gasteiger partial charge < -0.3 is 5.73 Å². The highest BCUT2D eigenvalue weighted by molar-refractivity contribution is 5.15. The quantitative estimate of drug-likeness (QED) is 0.817. The van der Waals surface area contributed by atoms with Crippen LogP contribution in [-0.2, 0) is 6.54 Å². The molecule has 0 bridgehead atoms. The first-order valence-corrected chi connectivity index (χ1v) is 6.70. The summed E-state index contributed by atoms with van der Waals surface area (Å²) in [5.74, 6) is 0.562. The van der Waals surface area contributed by atoms with Gasteiger partial charge >= 0.3 is 0 Å². The second kappa shape index (κ2) is 5.65. The van der Waals surface area contributed by atoms with Crippen molar-refractivity contribution in [3.05, 3.63) is 35.9 Å². The fourth-order valence-electron chi connectivity index (χ4n) is 2.08. The van der Waals surface area contributed by atoms with Gasteiger partial charge in [0.2, 0.25) is 0 Å². The second-order valence-corrected chi connectivity index (χ2v) is 5.55. The zero-order valence-electron chi connectivity index (χ0n) is 11.0. The Hall–Kier alpha value is -0.860. The number of benzene rings is 1. The number of nitrogens with zero attached hydrogens (tertiary/aromatic N) is 1. The van der Waals surface area contributed by atoms with E-state index >= 15 is 0 Å². The summed E-state index contributed by atoms with van der Waals surface area (Å²) in [6.07, 6.45) is 2.69. The van der Waals surface area contributed by atoms with E-state index in [1.807, 2.05) is 0 Å². The highest BCUT2D eigenvalue weighted by Gasteiger charge is 2.30. The van der Waals surface area contributed by atoms with E-state index in [-0.39, 0.29) is 0 Å². The van der Waals surface area contributed by atoms with Gasteiger partial charge in [0.15, 0.2) is 0 Å². The summed E-state index contributed by atoms with van der Waals surface area (Å²) in [5, 5.41) is 0. The lowest BCUT2D eigenvalue weighted by atomic mass is 10.0. The summed E-state index contributed by atoms with van der Waals surface area (Å²) in [6.45, 7) is 6.49. The van der Waals surface area contributed by atoms with Crippen LogP contribution in [0.4, 0.5) is 0 Å². The number of hydrogen-bond acceptors (Lipinski definition) is 2. The minimum Gasteiger partial charge on any atom is -0.326 e. The molecule has 0 heterocycles. The van der Waals surface area contributed by atoms with Gasteiger partial charge in [0.25, 0.3) is 0 Å². The third-order valence-corrected chi connectivity index (χ3v) is 3.59. The van der Waals surface area contributed by atoms with Gasteiger partial charge in [-0.3, -0.25) is 4.90 Å². The lowest BCUT2D eigenvalue weighted by molar-refractivity contribution is 0.220. The van der Waals surface area contributed by atoms with Crippen molar-refractivity contribution < 1.29 is 0 Å². The van der Waals surface area contributed by atoms with E-state index in [1.54, 1.807) is 0 Å². The number of rotatable bonds is 6. The Morgan fingerprint density at radius 1 is 1.24 bits per heavy atom. The minimum absolute atomic E-state index is 0.291. The molecule has 94 valence electrons. The van der Waals surface area contributed by atoms with Crippen molar-refractivity contribution in [3.63, 3.8) is 0 Å². The van der Waals surface area contributed by atoms with Crippen LogP contribution in [-0.4, -0.2) is 23.5 Å². The molecule has 0 aromatic heterocycles. The van der Waals surface area contributed by atoms with Crippen molar-refractivity contribution in [1.82, 2.24) is 4.90 Å². The van der Waals surface area contributed by atoms with Gasteiger partial charge in [0.1, 0.15) is 0 Å². The summed E-state index contributed by atoms with van der Waals surface area (Å²) in [6, 6.07) is 11.8. The monoisotopic (exact) mass is 232 g/mol. The van der Waals surface area contributed by atoms with Crippen LogP contribution in [0.5, 0.6) is 0 Å². The van der Waals surface area contributed by atoms with Crippen molar-refractivity contribution in [2.45, 2.75) is 45.3 Å². The van der Waals surface area contributed by atoms with Crippen molar-refractivity contribution in [3.8, 4) is 0 Å². The highest BCUT2D eigenvalue weighted by atomic mass is 15.2. The Morgan fingerprint density at radius 3 is 2.41 bits per heavy atom. The van der Waals surface area contributed by atoms with Gasteiger partial charge in [-0.2, -0.15) is 0 Å². The predicted octanol–water partition coefficient (Wildman–Crippen LogP) is 2.63. The average Bonchev–Trinajstić information content (AvgIpc) is 3.13. The Balaban J connectivity index is 1.93. The summed E-state index contributed by atoms with van der Waals surface area (Å²) >= 11 is 0. The molecule has 1 aromatic carbocycles. The van der Waals surface area contributed by atoms with Crippen LogP contribution in [0.1, 0.15) is 32.3 Å². The molecular formula is C15H24N2. The van der Waals surface area contributed by atoms with Crippen molar-refractivity contribution >= 4 is 0 Å². The third-order valence-electron chi connectivity index (χ3n) is 3.59. The summed E-state index contributed by atoms with van der Waals surface area (Å²) in [4.78, 5) is 2.56. The first kappa shape index (κ1) is 12.6. The molecule has 1 atom stereocenters. The zero-order valence-corrected chi connectivity index (χ0v) is 11.0. The molecule has 1 unspecified atom stereocenters. The van der Waals surface area contributed by atoms with E-state index in [9.17, 15) is 0 Å². The highest BCUT2D eigenvalue weighted by Crippen LogP contribution is 2.28. The second-order valence-electron chi connectivity index (χ2n) is 5.55. The van der Waals surface area contributed by atoms with Crippen LogP contribution in [0.15, 0.2) is 30.3 Å². The molecule has 2 N–H and O–H groups in total. The van der Waals surface area contributed by atoms with Crippen LogP contribution in [0, 0.1) is 5.92 Å². The molecule has 1 aliphatic rings. The average molecular weight is 232 g/mol. The maximum atomic E-state index is 6.19. The van der Waals surface area contributed by atoms with Crippen LogP contribution >= 0.6 is 0 Å². The largest absolute Gasteiger partial charge is 0.326 e. The van der Waals surface area contributed by atoms with E-state index in [0.717, 1.165) is 19.1 Å². The lowest BCUT2D eigenvalue weighted by Gasteiger charge is -2.27. The Morgan fingerprint density at radius 2 is 1.88 bits per heavy atom. The van der Waals surface area contributed by atoms with Crippen LogP contribution in [0.2, 0.25) is 0 Å². The Kier molecular flexibility index (Phi) is 4.19. The van der Waals surface area contributed by atoms with Crippen molar-refractivity contribution in [2.75, 3.05) is 6.54 Å². The Labute approximate surface area is 105 Å². The fraction of sp³-hybridized carbons (Fsp3) is 0.600. The minimum atomic E-state index is 0.291. The zero-order chi connectivity index (χ0) is 12.3. The normalized spacial score (nSPS) is 17.7. The van der Waals surface area contributed by atoms with Gasteiger partial charge in [-0.1, -0.05) is 44.2 Å². The van der Waals surface area contributed by atoms with Gasteiger partial charge in [0.05, 0.1) is 0 Å². The number of hydrogen-bond donors (Lipinski definition) is 1. The molecule has 0 radical (unpaired) electrons. The molecule has 0 amide bonds. The SMILES string of the molecule is CC(C)C(N)CN(Cc1ccccc1)C1CC1. The molecule has 1 saturated carbocycles. The molecule has 0 aliphatic heterocycles. The molecular weight excluding hydrogens is 208 g/mol. The van der Waals surface area contributed by atoms with Crippen LogP contribution in [0.3, 0.4) is 0 Å². The third kappa shape index (κ3) is 3.83. The first-order valence-electron chi connectivity index (χ1n) is 6.70. The summed E-state index contributed by atoms with van der Waals surface area (Å²) < 4.78 is 0. The van der Waals surface area contributed by atoms with Crippen LogP contribution < -0.4 is 5.73 Å². The summed E-state index contributed by atoms with van der Waals surface area (Å²) in [7, 11) is 0. The van der Waals surface area contributed by atoms with E-state index in [1.165, 1.54) is 18.4 Å². The molecule has 2 rings (SSSR count). The predicted molar refractivity (Wildman–Crippen MR) is 72.7 cm³/mol. The smallest absolute Gasteiger partial charge is 0.0237 e. The Bertz CT molecular complexity index is 330. The molecule has 1 aromatic rings. The van der Waals surface area contributed by atoms with Crippen molar-refractivity contribution in [1.29, 1.82) is 0 Å². The number of nitrogens with two attached hydrogens (primary N) is 1. The van der Waals surface area contributed by atoms with Gasteiger partial charge in [-0.05, 0) is 24.3 Å². The molecule has 0 saturated heterocycles. The molecule has 1 fully saturated rings. The van der Waals surface area contributed by atoms with E-state index in [0.29, 0.717) is 12.0 Å². The van der Waals surface area contributed by atoms with Gasteiger partial charge in [-0.25, -0.2) is 0 Å². The van der Waals surface area contributed by atoms with E-state index in [2.05, 4.69) is 49.1 Å². The summed E-state index contributed by atoms with van der Waals surface area (Å²) in [5.41, 5.74) is 7.59. The van der Waals surface area contributed by atoms with E-state index in [4.69, 9.17) is 5.73 Å². The molecule has 17 heavy (non-hydrogen) atoms.